The normalized spacial score (nSPS) is 22.6. The van der Waals surface area contributed by atoms with Gasteiger partial charge in [0.05, 0.1) is 64.8 Å². The average molecular weight is 683 g/mol. The van der Waals surface area contributed by atoms with Crippen LogP contribution >= 0.6 is 23.2 Å². The van der Waals surface area contributed by atoms with E-state index in [1.165, 1.54) is 0 Å². The van der Waals surface area contributed by atoms with E-state index >= 15 is 0 Å². The van der Waals surface area contributed by atoms with E-state index in [4.69, 9.17) is 37.4 Å². The van der Waals surface area contributed by atoms with Gasteiger partial charge in [-0.1, -0.05) is 47.5 Å². The first-order valence-corrected chi connectivity index (χ1v) is 16.5. The number of carboxylic acids is 1. The second kappa shape index (κ2) is 12.2. The van der Waals surface area contributed by atoms with Crippen LogP contribution in [-0.2, 0) is 16.0 Å². The van der Waals surface area contributed by atoms with Crippen molar-refractivity contribution in [3.63, 3.8) is 0 Å². The fourth-order valence-corrected chi connectivity index (χ4v) is 8.77. The van der Waals surface area contributed by atoms with Crippen molar-refractivity contribution in [2.75, 3.05) is 49.9 Å². The highest BCUT2D eigenvalue weighted by atomic mass is 35.5. The van der Waals surface area contributed by atoms with Crippen molar-refractivity contribution in [1.29, 1.82) is 0 Å². The summed E-state index contributed by atoms with van der Waals surface area (Å²) in [5, 5.41) is 10.7. The lowest BCUT2D eigenvalue weighted by molar-refractivity contribution is -0.0731. The molecule has 0 radical (unpaired) electrons. The highest BCUT2D eigenvalue weighted by Gasteiger charge is 2.52. The number of nitrogens with zero attached hydrogens (tertiary/aromatic N) is 3. The molecule has 1 spiro atoms. The van der Waals surface area contributed by atoms with Gasteiger partial charge in [0, 0.05) is 42.4 Å². The Balaban J connectivity index is 0.00000351. The second-order valence-electron chi connectivity index (χ2n) is 13.3. The summed E-state index contributed by atoms with van der Waals surface area (Å²) in [5.74, 6) is -0.572. The van der Waals surface area contributed by atoms with Crippen molar-refractivity contribution in [1.82, 2.24) is 4.90 Å². The van der Waals surface area contributed by atoms with E-state index in [0.29, 0.717) is 52.8 Å². The molecule has 8 rings (SSSR count). The van der Waals surface area contributed by atoms with Crippen LogP contribution in [0.1, 0.15) is 52.0 Å². The molecule has 4 fully saturated rings. The maximum atomic E-state index is 13.8. The lowest BCUT2D eigenvalue weighted by atomic mass is 9.61. The zero-order valence-corrected chi connectivity index (χ0v) is 27.5. The van der Waals surface area contributed by atoms with Crippen LogP contribution in [0, 0.1) is 5.41 Å². The van der Waals surface area contributed by atoms with E-state index in [0.717, 1.165) is 61.2 Å². The minimum Gasteiger partial charge on any atom is -0.478 e. The van der Waals surface area contributed by atoms with Crippen LogP contribution in [0.3, 0.4) is 0 Å². The van der Waals surface area contributed by atoms with Gasteiger partial charge in [0.1, 0.15) is 5.75 Å². The number of carbonyl (C=O) groups excluding carboxylic acids is 1. The number of methoxy groups -OCH3 is 1. The standard InChI is InChI=1S/C35H35Cl2N3O6.H2O/c1-44-25-12-35(13-25)17-39(18-35)24-10-28(36)31(29(37)11-24)33(41)38-14-21-3-2-4-26(32(21)46-19-38)20-5-8-27(34(42)43)30(9-20)40-22-6-7-23(40)16-45-15-22;/h2-5,8-11,22-23,25H,6-7,12-19H2,1H3,(H,42,43);1H2. The number of halogens is 2. The molecule has 4 heterocycles. The number of ether oxygens (including phenoxy) is 3. The molecule has 3 aromatic carbocycles. The third-order valence-electron chi connectivity index (χ3n) is 10.5. The van der Waals surface area contributed by atoms with E-state index in [1.807, 2.05) is 42.5 Å². The third-order valence-corrected chi connectivity index (χ3v) is 11.1. The number of morpholine rings is 1. The molecule has 4 aliphatic heterocycles. The van der Waals surface area contributed by atoms with E-state index in [9.17, 15) is 14.7 Å². The number of para-hydroxylation sites is 1. The largest absolute Gasteiger partial charge is 0.478 e. The summed E-state index contributed by atoms with van der Waals surface area (Å²) in [7, 11) is 1.76. The minimum atomic E-state index is -0.953. The third kappa shape index (κ3) is 5.40. The molecule has 3 saturated heterocycles. The number of aromatic carboxylic acids is 1. The Labute approximate surface area is 283 Å². The molecule has 5 aliphatic rings. The molecule has 1 saturated carbocycles. The number of carbonyl (C=O) groups is 2. The Morgan fingerprint density at radius 3 is 2.36 bits per heavy atom. The van der Waals surface area contributed by atoms with Crippen molar-refractivity contribution in [2.45, 2.75) is 50.4 Å². The predicted molar refractivity (Wildman–Crippen MR) is 179 cm³/mol. The number of hydrogen-bond donors (Lipinski definition) is 1. The lowest BCUT2D eigenvalue weighted by Gasteiger charge is -2.59. The van der Waals surface area contributed by atoms with E-state index < -0.39 is 5.97 Å². The maximum Gasteiger partial charge on any atom is 0.337 e. The monoisotopic (exact) mass is 681 g/mol. The summed E-state index contributed by atoms with van der Waals surface area (Å²) in [6.45, 7) is 3.40. The van der Waals surface area contributed by atoms with Crippen LogP contribution in [0.4, 0.5) is 11.4 Å². The topological polar surface area (TPSA) is 123 Å². The van der Waals surface area contributed by atoms with Gasteiger partial charge in [0.2, 0.25) is 0 Å². The van der Waals surface area contributed by atoms with Crippen molar-refractivity contribution >= 4 is 46.5 Å². The van der Waals surface area contributed by atoms with Gasteiger partial charge in [0.15, 0.2) is 6.73 Å². The van der Waals surface area contributed by atoms with Crippen molar-refractivity contribution in [3.05, 3.63) is 75.3 Å². The van der Waals surface area contributed by atoms with Crippen LogP contribution in [0.5, 0.6) is 5.75 Å². The Bertz CT molecular complexity index is 1700. The molecule has 248 valence electrons. The van der Waals surface area contributed by atoms with E-state index in [2.05, 4.69) is 9.80 Å². The molecule has 1 amide bonds. The van der Waals surface area contributed by atoms with Crippen LogP contribution in [-0.4, -0.2) is 85.7 Å². The number of carboxylic acid groups (broad SMARTS) is 1. The first-order chi connectivity index (χ1) is 22.2. The number of amides is 1. The zero-order chi connectivity index (χ0) is 31.7. The Morgan fingerprint density at radius 2 is 1.70 bits per heavy atom. The molecular formula is C35H37Cl2N3O7. The van der Waals surface area contributed by atoms with Gasteiger partial charge in [-0.2, -0.15) is 0 Å². The summed E-state index contributed by atoms with van der Waals surface area (Å²) in [6.07, 6.45) is 4.45. The molecule has 2 bridgehead atoms. The minimum absolute atomic E-state index is 0. The summed E-state index contributed by atoms with van der Waals surface area (Å²) >= 11 is 13.4. The lowest BCUT2D eigenvalue weighted by Crippen LogP contribution is -2.64. The summed E-state index contributed by atoms with van der Waals surface area (Å²) in [4.78, 5) is 32.1. The van der Waals surface area contributed by atoms with E-state index in [-0.39, 0.29) is 41.3 Å². The highest BCUT2D eigenvalue weighted by Crippen LogP contribution is 2.51. The first-order valence-electron chi connectivity index (χ1n) is 15.8. The first kappa shape index (κ1) is 32.0. The van der Waals surface area contributed by atoms with Crippen LogP contribution in [0.25, 0.3) is 11.1 Å². The Kier molecular flexibility index (Phi) is 8.29. The van der Waals surface area contributed by atoms with Crippen molar-refractivity contribution in [3.8, 4) is 16.9 Å². The quantitative estimate of drug-likeness (QED) is 0.361. The number of anilines is 2. The molecule has 0 aromatic heterocycles. The van der Waals surface area contributed by atoms with Crippen LogP contribution in [0.2, 0.25) is 10.0 Å². The van der Waals surface area contributed by atoms with Crippen molar-refractivity contribution in [2.24, 2.45) is 5.41 Å². The molecule has 10 nitrogen and oxygen atoms in total. The van der Waals surface area contributed by atoms with Gasteiger partial charge in [-0.3, -0.25) is 4.79 Å². The van der Waals surface area contributed by atoms with Gasteiger partial charge in [-0.25, -0.2) is 4.79 Å². The molecule has 2 unspecified atom stereocenters. The van der Waals surface area contributed by atoms with E-state index in [1.54, 1.807) is 18.1 Å². The van der Waals surface area contributed by atoms with Gasteiger partial charge in [-0.15, -0.1) is 0 Å². The van der Waals surface area contributed by atoms with Crippen molar-refractivity contribution < 1.29 is 34.4 Å². The maximum absolute atomic E-state index is 13.8. The van der Waals surface area contributed by atoms with Gasteiger partial charge >= 0.3 is 5.97 Å². The summed E-state index contributed by atoms with van der Waals surface area (Å²) < 4.78 is 17.5. The predicted octanol–water partition coefficient (Wildman–Crippen LogP) is 5.51. The molecule has 3 N–H and O–H groups in total. The number of benzene rings is 3. The number of fused-ring (bicyclic) bond motifs is 3. The van der Waals surface area contributed by atoms with Gasteiger partial charge in [-0.05, 0) is 55.5 Å². The highest BCUT2D eigenvalue weighted by molar-refractivity contribution is 6.40. The number of rotatable bonds is 6. The molecule has 1 aliphatic carbocycles. The molecule has 12 heteroatoms. The summed E-state index contributed by atoms with van der Waals surface area (Å²) in [5.41, 5.74) is 5.03. The molecular weight excluding hydrogens is 645 g/mol. The summed E-state index contributed by atoms with van der Waals surface area (Å²) in [6, 6.07) is 15.3. The Morgan fingerprint density at radius 1 is 1.00 bits per heavy atom. The average Bonchev–Trinajstić information content (AvgIpc) is 3.25. The molecule has 47 heavy (non-hydrogen) atoms. The Hall–Kier alpha value is -3.54. The molecule has 3 aromatic rings. The fourth-order valence-electron chi connectivity index (χ4n) is 8.13. The second-order valence-corrected chi connectivity index (χ2v) is 14.2. The van der Waals surface area contributed by atoms with Crippen LogP contribution in [0.15, 0.2) is 48.5 Å². The smallest absolute Gasteiger partial charge is 0.337 e. The molecule has 2 atom stereocenters. The zero-order valence-electron chi connectivity index (χ0n) is 26.0. The van der Waals surface area contributed by atoms with Gasteiger partial charge in [0.25, 0.3) is 5.91 Å². The SMILES string of the molecule is COC1CC2(C1)CN(c1cc(Cl)c(C(=O)N3COc4c(cccc4-c4ccc(C(=O)O)c(N5C6CCC5COC6)c4)C3)c(Cl)c1)C2.O. The van der Waals surface area contributed by atoms with Gasteiger partial charge < -0.3 is 39.5 Å². The number of hydrogen-bond acceptors (Lipinski definition) is 7. The fraction of sp³-hybridized carbons (Fsp3) is 0.429. The van der Waals surface area contributed by atoms with Crippen LogP contribution < -0.4 is 14.5 Å².